The lowest BCUT2D eigenvalue weighted by atomic mass is 10.2. The first-order chi connectivity index (χ1) is 14.8. The largest absolute Gasteiger partial charge is 0.497 e. The zero-order valence-electron chi connectivity index (χ0n) is 17.5. The third-order valence-corrected chi connectivity index (χ3v) is 7.02. The zero-order chi connectivity index (χ0) is 22.4. The van der Waals surface area contributed by atoms with Crippen molar-refractivity contribution in [3.63, 3.8) is 0 Å². The SMILES string of the molecule is COc1cc(OC)cc(C(=O)NCCN2CCN(S(=O)(=O)c3ccc(F)cc3)CC2)c1. The minimum Gasteiger partial charge on any atom is -0.497 e. The molecule has 0 aromatic heterocycles. The molecule has 0 atom stereocenters. The Morgan fingerprint density at radius 1 is 1.00 bits per heavy atom. The summed E-state index contributed by atoms with van der Waals surface area (Å²) in [6.45, 7) is 2.77. The van der Waals surface area contributed by atoms with Crippen LogP contribution in [-0.2, 0) is 10.0 Å². The number of benzene rings is 2. The maximum absolute atomic E-state index is 13.1. The van der Waals surface area contributed by atoms with Crippen LogP contribution in [0, 0.1) is 5.82 Å². The van der Waals surface area contributed by atoms with Crippen LogP contribution >= 0.6 is 0 Å². The van der Waals surface area contributed by atoms with Gasteiger partial charge in [-0.3, -0.25) is 9.69 Å². The van der Waals surface area contributed by atoms with Crippen molar-refractivity contribution in [1.29, 1.82) is 0 Å². The van der Waals surface area contributed by atoms with Crippen molar-refractivity contribution in [3.8, 4) is 11.5 Å². The molecule has 0 unspecified atom stereocenters. The van der Waals surface area contributed by atoms with E-state index in [1.54, 1.807) is 18.2 Å². The Bertz CT molecular complexity index is 984. The molecule has 1 saturated heterocycles. The van der Waals surface area contributed by atoms with Crippen molar-refractivity contribution in [1.82, 2.24) is 14.5 Å². The highest BCUT2D eigenvalue weighted by molar-refractivity contribution is 7.89. The average molecular weight is 452 g/mol. The van der Waals surface area contributed by atoms with Gasteiger partial charge in [0, 0.05) is 50.9 Å². The number of piperazine rings is 1. The molecule has 168 valence electrons. The molecule has 1 aliphatic heterocycles. The summed E-state index contributed by atoms with van der Waals surface area (Å²) in [4.78, 5) is 14.6. The third kappa shape index (κ3) is 5.72. The molecule has 1 aliphatic rings. The van der Waals surface area contributed by atoms with Crippen molar-refractivity contribution < 1.29 is 27.1 Å². The van der Waals surface area contributed by atoms with Crippen LogP contribution in [0.15, 0.2) is 47.4 Å². The minimum absolute atomic E-state index is 0.0864. The highest BCUT2D eigenvalue weighted by Gasteiger charge is 2.28. The van der Waals surface area contributed by atoms with Crippen molar-refractivity contribution in [2.24, 2.45) is 0 Å². The van der Waals surface area contributed by atoms with E-state index in [1.807, 2.05) is 0 Å². The van der Waals surface area contributed by atoms with Crippen molar-refractivity contribution >= 4 is 15.9 Å². The van der Waals surface area contributed by atoms with Gasteiger partial charge in [0.2, 0.25) is 10.0 Å². The van der Waals surface area contributed by atoms with E-state index in [4.69, 9.17) is 9.47 Å². The molecule has 2 aromatic rings. The van der Waals surface area contributed by atoms with Crippen molar-refractivity contribution in [2.75, 3.05) is 53.5 Å². The number of amides is 1. The van der Waals surface area contributed by atoms with Gasteiger partial charge in [0.25, 0.3) is 5.91 Å². The molecule has 1 N–H and O–H groups in total. The zero-order valence-corrected chi connectivity index (χ0v) is 18.3. The maximum Gasteiger partial charge on any atom is 0.251 e. The van der Waals surface area contributed by atoms with Crippen LogP contribution in [0.4, 0.5) is 4.39 Å². The van der Waals surface area contributed by atoms with Gasteiger partial charge in [-0.15, -0.1) is 0 Å². The summed E-state index contributed by atoms with van der Waals surface area (Å²) in [7, 11) is -0.598. The van der Waals surface area contributed by atoms with E-state index in [0.717, 1.165) is 12.1 Å². The lowest BCUT2D eigenvalue weighted by molar-refractivity contribution is 0.0944. The Labute approximate surface area is 181 Å². The number of sulfonamides is 1. The molecule has 0 bridgehead atoms. The molecule has 1 heterocycles. The van der Waals surface area contributed by atoms with Crippen LogP contribution in [0.3, 0.4) is 0 Å². The number of nitrogens with zero attached hydrogens (tertiary/aromatic N) is 2. The minimum atomic E-state index is -3.64. The molecule has 1 amide bonds. The number of nitrogens with one attached hydrogen (secondary N) is 1. The second-order valence-corrected chi connectivity index (χ2v) is 8.99. The topological polar surface area (TPSA) is 88.2 Å². The van der Waals surface area contributed by atoms with Crippen LogP contribution in [0.1, 0.15) is 10.4 Å². The van der Waals surface area contributed by atoms with Gasteiger partial charge in [-0.05, 0) is 36.4 Å². The molecule has 0 radical (unpaired) electrons. The van der Waals surface area contributed by atoms with Gasteiger partial charge >= 0.3 is 0 Å². The van der Waals surface area contributed by atoms with E-state index in [0.29, 0.717) is 56.3 Å². The van der Waals surface area contributed by atoms with Gasteiger partial charge < -0.3 is 14.8 Å². The Morgan fingerprint density at radius 2 is 1.58 bits per heavy atom. The summed E-state index contributed by atoms with van der Waals surface area (Å²) in [6.07, 6.45) is 0. The van der Waals surface area contributed by atoms with E-state index < -0.39 is 15.8 Å². The van der Waals surface area contributed by atoms with Crippen LogP contribution < -0.4 is 14.8 Å². The molecule has 1 fully saturated rings. The molecule has 8 nitrogen and oxygen atoms in total. The third-order valence-electron chi connectivity index (χ3n) is 5.11. The molecule has 0 aliphatic carbocycles. The number of ether oxygens (including phenoxy) is 2. The van der Waals surface area contributed by atoms with E-state index in [9.17, 15) is 17.6 Å². The fourth-order valence-electron chi connectivity index (χ4n) is 3.32. The Morgan fingerprint density at radius 3 is 2.13 bits per heavy atom. The normalized spacial score (nSPS) is 15.5. The second-order valence-electron chi connectivity index (χ2n) is 7.06. The lowest BCUT2D eigenvalue weighted by Crippen LogP contribution is -2.50. The van der Waals surface area contributed by atoms with Crippen LogP contribution in [-0.4, -0.2) is 77.0 Å². The molecule has 2 aromatic carbocycles. The number of hydrogen-bond acceptors (Lipinski definition) is 6. The summed E-state index contributed by atoms with van der Waals surface area (Å²) in [5.74, 6) is 0.346. The molecule has 0 saturated carbocycles. The van der Waals surface area contributed by atoms with Crippen LogP contribution in [0.25, 0.3) is 0 Å². The summed E-state index contributed by atoms with van der Waals surface area (Å²) < 4.78 is 50.2. The molecular weight excluding hydrogens is 425 g/mol. The van der Waals surface area contributed by atoms with E-state index in [1.165, 1.54) is 30.7 Å². The summed E-state index contributed by atoms with van der Waals surface area (Å²) >= 11 is 0. The van der Waals surface area contributed by atoms with E-state index >= 15 is 0 Å². The number of carbonyl (C=O) groups excluding carboxylic acids is 1. The molecule has 0 spiro atoms. The van der Waals surface area contributed by atoms with Crippen molar-refractivity contribution in [3.05, 3.63) is 53.8 Å². The first kappa shape index (κ1) is 23.0. The first-order valence-corrected chi connectivity index (χ1v) is 11.3. The smallest absolute Gasteiger partial charge is 0.251 e. The Kier molecular flexibility index (Phi) is 7.47. The summed E-state index contributed by atoms with van der Waals surface area (Å²) in [5.41, 5.74) is 0.436. The predicted molar refractivity (Wildman–Crippen MR) is 113 cm³/mol. The fourth-order valence-corrected chi connectivity index (χ4v) is 4.74. The molecule has 31 heavy (non-hydrogen) atoms. The quantitative estimate of drug-likeness (QED) is 0.656. The summed E-state index contributed by atoms with van der Waals surface area (Å²) in [6, 6.07) is 9.80. The van der Waals surface area contributed by atoms with Gasteiger partial charge in [-0.2, -0.15) is 4.31 Å². The monoisotopic (exact) mass is 451 g/mol. The maximum atomic E-state index is 13.1. The number of halogens is 1. The van der Waals surface area contributed by atoms with E-state index in [-0.39, 0.29) is 10.8 Å². The number of rotatable bonds is 8. The lowest BCUT2D eigenvalue weighted by Gasteiger charge is -2.33. The average Bonchev–Trinajstić information content (AvgIpc) is 2.79. The number of methoxy groups -OCH3 is 2. The Balaban J connectivity index is 1.48. The van der Waals surface area contributed by atoms with Crippen molar-refractivity contribution in [2.45, 2.75) is 4.90 Å². The van der Waals surface area contributed by atoms with Gasteiger partial charge in [0.05, 0.1) is 19.1 Å². The van der Waals surface area contributed by atoms with Crippen LogP contribution in [0.5, 0.6) is 11.5 Å². The van der Waals surface area contributed by atoms with Gasteiger partial charge in [0.1, 0.15) is 17.3 Å². The van der Waals surface area contributed by atoms with Gasteiger partial charge in [0.15, 0.2) is 0 Å². The second kappa shape index (κ2) is 10.1. The molecular formula is C21H26FN3O5S. The fraction of sp³-hybridized carbons (Fsp3) is 0.381. The highest BCUT2D eigenvalue weighted by Crippen LogP contribution is 2.22. The summed E-state index contributed by atoms with van der Waals surface area (Å²) in [5, 5.41) is 2.86. The van der Waals surface area contributed by atoms with E-state index in [2.05, 4.69) is 10.2 Å². The first-order valence-electron chi connectivity index (χ1n) is 9.83. The van der Waals surface area contributed by atoms with Gasteiger partial charge in [-0.25, -0.2) is 12.8 Å². The molecule has 3 rings (SSSR count). The van der Waals surface area contributed by atoms with Gasteiger partial charge in [-0.1, -0.05) is 0 Å². The Hall–Kier alpha value is -2.69. The molecule has 10 heteroatoms. The highest BCUT2D eigenvalue weighted by atomic mass is 32.2. The van der Waals surface area contributed by atoms with Crippen LogP contribution in [0.2, 0.25) is 0 Å². The predicted octanol–water partition coefficient (Wildman–Crippen LogP) is 1.58. The number of carbonyl (C=O) groups is 1. The number of hydrogen-bond donors (Lipinski definition) is 1. The standard InChI is InChI=1S/C21H26FN3O5S/c1-29-18-13-16(14-19(15-18)30-2)21(26)23-7-8-24-9-11-25(12-10-24)31(27,28)20-5-3-17(22)4-6-20/h3-6,13-15H,7-12H2,1-2H3,(H,23,26).